The predicted molar refractivity (Wildman–Crippen MR) is 73.6 cm³/mol. The highest BCUT2D eigenvalue weighted by Crippen LogP contribution is 2.28. The monoisotopic (exact) mass is 228 g/mol. The van der Waals surface area contributed by atoms with Gasteiger partial charge < -0.3 is 5.73 Å². The van der Waals surface area contributed by atoms with Gasteiger partial charge in [-0.3, -0.25) is 4.90 Å². The quantitative estimate of drug-likeness (QED) is 0.756. The van der Waals surface area contributed by atoms with Crippen LogP contribution in [0.1, 0.15) is 60.8 Å². The second-order valence-corrected chi connectivity index (χ2v) is 6.19. The summed E-state index contributed by atoms with van der Waals surface area (Å²) in [6.07, 6.45) is 3.54. The van der Waals surface area contributed by atoms with Gasteiger partial charge in [-0.05, 0) is 32.2 Å². The Morgan fingerprint density at radius 1 is 1.19 bits per heavy atom. The van der Waals surface area contributed by atoms with Crippen molar-refractivity contribution >= 4 is 0 Å². The molecule has 0 rings (SSSR count). The minimum Gasteiger partial charge on any atom is -0.326 e. The zero-order valence-electron chi connectivity index (χ0n) is 12.4. The Kier molecular flexibility index (Phi) is 6.57. The number of likely N-dealkylation sites (N-methyl/N-ethyl adjacent to an activating group) is 1. The average Bonchev–Trinajstić information content (AvgIpc) is 2.15. The summed E-state index contributed by atoms with van der Waals surface area (Å²) in [5.41, 5.74) is 6.54. The van der Waals surface area contributed by atoms with E-state index in [9.17, 15) is 0 Å². The molecule has 16 heavy (non-hydrogen) atoms. The Labute approximate surface area is 103 Å². The molecule has 2 N–H and O–H groups in total. The first-order valence-electron chi connectivity index (χ1n) is 6.73. The summed E-state index contributed by atoms with van der Waals surface area (Å²) in [6, 6.07) is 1.34. The third-order valence-electron chi connectivity index (χ3n) is 3.60. The smallest absolute Gasteiger partial charge is 0.0295 e. The fraction of sp³-hybridized carbons (Fsp3) is 1.00. The molecular formula is C14H32N2. The fourth-order valence-electron chi connectivity index (χ4n) is 2.67. The Hall–Kier alpha value is -0.0800. The van der Waals surface area contributed by atoms with Crippen LogP contribution < -0.4 is 5.73 Å². The molecule has 0 aliphatic carbocycles. The van der Waals surface area contributed by atoms with Crippen LogP contribution in [0.25, 0.3) is 0 Å². The number of hydrogen-bond acceptors (Lipinski definition) is 2. The lowest BCUT2D eigenvalue weighted by atomic mass is 9.80. The molecule has 0 aromatic heterocycles. The SMILES string of the molecule is CCCC(C)N(C)C(C(N)CC)C(C)(C)C. The molecule has 98 valence electrons. The van der Waals surface area contributed by atoms with Gasteiger partial charge in [-0.15, -0.1) is 0 Å². The number of hydrogen-bond donors (Lipinski definition) is 1. The number of nitrogens with two attached hydrogens (primary N) is 1. The van der Waals surface area contributed by atoms with Crippen molar-refractivity contribution in [2.45, 2.75) is 78.9 Å². The first kappa shape index (κ1) is 15.9. The number of nitrogens with zero attached hydrogens (tertiary/aromatic N) is 1. The van der Waals surface area contributed by atoms with Crippen LogP contribution >= 0.6 is 0 Å². The van der Waals surface area contributed by atoms with Crippen molar-refractivity contribution in [1.82, 2.24) is 4.90 Å². The maximum atomic E-state index is 6.30. The molecule has 0 heterocycles. The molecule has 0 aliphatic heterocycles. The highest BCUT2D eigenvalue weighted by molar-refractivity contribution is 4.91. The van der Waals surface area contributed by atoms with Crippen molar-refractivity contribution in [2.24, 2.45) is 11.1 Å². The lowest BCUT2D eigenvalue weighted by Crippen LogP contribution is -2.55. The van der Waals surface area contributed by atoms with Crippen LogP contribution in [-0.2, 0) is 0 Å². The van der Waals surface area contributed by atoms with E-state index in [1.54, 1.807) is 0 Å². The standard InChI is InChI=1S/C14H32N2/c1-8-10-11(3)16(7)13(12(15)9-2)14(4,5)6/h11-13H,8-10,15H2,1-7H3. The topological polar surface area (TPSA) is 29.3 Å². The van der Waals surface area contributed by atoms with Crippen LogP contribution in [-0.4, -0.2) is 30.1 Å². The summed E-state index contributed by atoms with van der Waals surface area (Å²) in [4.78, 5) is 2.48. The van der Waals surface area contributed by atoms with Crippen LogP contribution in [0.3, 0.4) is 0 Å². The summed E-state index contributed by atoms with van der Waals surface area (Å²) >= 11 is 0. The summed E-state index contributed by atoms with van der Waals surface area (Å²) in [7, 11) is 2.23. The van der Waals surface area contributed by atoms with E-state index >= 15 is 0 Å². The predicted octanol–water partition coefficient (Wildman–Crippen LogP) is 3.26. The Bertz CT molecular complexity index is 184. The summed E-state index contributed by atoms with van der Waals surface area (Å²) in [5, 5.41) is 0. The van der Waals surface area contributed by atoms with Gasteiger partial charge >= 0.3 is 0 Å². The Morgan fingerprint density at radius 3 is 2.00 bits per heavy atom. The lowest BCUT2D eigenvalue weighted by Gasteiger charge is -2.44. The van der Waals surface area contributed by atoms with Crippen molar-refractivity contribution in [1.29, 1.82) is 0 Å². The Balaban J connectivity index is 4.76. The van der Waals surface area contributed by atoms with Gasteiger partial charge in [0.25, 0.3) is 0 Å². The zero-order valence-corrected chi connectivity index (χ0v) is 12.4. The normalized spacial score (nSPS) is 18.6. The van der Waals surface area contributed by atoms with E-state index in [2.05, 4.69) is 53.5 Å². The van der Waals surface area contributed by atoms with Gasteiger partial charge in [-0.25, -0.2) is 0 Å². The maximum Gasteiger partial charge on any atom is 0.0295 e. The largest absolute Gasteiger partial charge is 0.326 e. The summed E-state index contributed by atoms with van der Waals surface area (Å²) in [6.45, 7) is 13.6. The molecule has 0 saturated carbocycles. The van der Waals surface area contributed by atoms with Gasteiger partial charge in [0.1, 0.15) is 0 Å². The molecule has 0 spiro atoms. The molecular weight excluding hydrogens is 196 g/mol. The molecule has 3 atom stereocenters. The number of rotatable bonds is 6. The molecule has 0 aromatic carbocycles. The fourth-order valence-corrected chi connectivity index (χ4v) is 2.67. The van der Waals surface area contributed by atoms with Gasteiger partial charge in [0.05, 0.1) is 0 Å². The first-order valence-corrected chi connectivity index (χ1v) is 6.73. The van der Waals surface area contributed by atoms with Gasteiger partial charge in [0.15, 0.2) is 0 Å². The highest BCUT2D eigenvalue weighted by Gasteiger charge is 2.34. The van der Waals surface area contributed by atoms with E-state index in [0.717, 1.165) is 6.42 Å². The minimum atomic E-state index is 0.242. The van der Waals surface area contributed by atoms with E-state index in [4.69, 9.17) is 5.73 Å². The zero-order chi connectivity index (χ0) is 12.9. The third kappa shape index (κ3) is 4.42. The minimum absolute atomic E-state index is 0.242. The van der Waals surface area contributed by atoms with Crippen LogP contribution in [0.4, 0.5) is 0 Å². The molecule has 0 amide bonds. The van der Waals surface area contributed by atoms with Crippen molar-refractivity contribution in [3.63, 3.8) is 0 Å². The van der Waals surface area contributed by atoms with Gasteiger partial charge in [-0.1, -0.05) is 41.0 Å². The molecule has 0 saturated heterocycles. The molecule has 2 heteroatoms. The molecule has 3 unspecified atom stereocenters. The summed E-state index contributed by atoms with van der Waals surface area (Å²) in [5.74, 6) is 0. The van der Waals surface area contributed by atoms with Gasteiger partial charge in [0.2, 0.25) is 0 Å². The highest BCUT2D eigenvalue weighted by atomic mass is 15.2. The van der Waals surface area contributed by atoms with Crippen LogP contribution in [0.5, 0.6) is 0 Å². The van der Waals surface area contributed by atoms with Crippen molar-refractivity contribution in [2.75, 3.05) is 7.05 Å². The van der Waals surface area contributed by atoms with Gasteiger partial charge in [0, 0.05) is 18.1 Å². The second-order valence-electron chi connectivity index (χ2n) is 6.19. The molecule has 0 bridgehead atoms. The molecule has 0 radical (unpaired) electrons. The molecule has 0 aromatic rings. The lowest BCUT2D eigenvalue weighted by molar-refractivity contribution is 0.0657. The van der Waals surface area contributed by atoms with Crippen molar-refractivity contribution < 1.29 is 0 Å². The first-order chi connectivity index (χ1) is 7.25. The molecule has 0 fully saturated rings. The van der Waals surface area contributed by atoms with E-state index in [1.165, 1.54) is 12.8 Å². The van der Waals surface area contributed by atoms with E-state index in [0.29, 0.717) is 12.1 Å². The van der Waals surface area contributed by atoms with E-state index < -0.39 is 0 Å². The van der Waals surface area contributed by atoms with Crippen molar-refractivity contribution in [3.8, 4) is 0 Å². The second kappa shape index (κ2) is 6.61. The third-order valence-corrected chi connectivity index (χ3v) is 3.60. The van der Waals surface area contributed by atoms with Crippen LogP contribution in [0, 0.1) is 5.41 Å². The maximum absolute atomic E-state index is 6.30. The van der Waals surface area contributed by atoms with Crippen LogP contribution in [0.2, 0.25) is 0 Å². The van der Waals surface area contributed by atoms with Crippen molar-refractivity contribution in [3.05, 3.63) is 0 Å². The van der Waals surface area contributed by atoms with Crippen LogP contribution in [0.15, 0.2) is 0 Å². The Morgan fingerprint density at radius 2 is 1.69 bits per heavy atom. The molecule has 2 nitrogen and oxygen atoms in total. The van der Waals surface area contributed by atoms with E-state index in [-0.39, 0.29) is 11.5 Å². The summed E-state index contributed by atoms with van der Waals surface area (Å²) < 4.78 is 0. The molecule has 0 aliphatic rings. The van der Waals surface area contributed by atoms with Gasteiger partial charge in [-0.2, -0.15) is 0 Å². The average molecular weight is 228 g/mol. The van der Waals surface area contributed by atoms with E-state index in [1.807, 2.05) is 0 Å².